The lowest BCUT2D eigenvalue weighted by Crippen LogP contribution is -2.35. The molecule has 0 aromatic heterocycles. The van der Waals surface area contributed by atoms with Crippen LogP contribution < -0.4 is 14.6 Å². The molecule has 8 heteroatoms. The third-order valence-electron chi connectivity index (χ3n) is 3.79. The summed E-state index contributed by atoms with van der Waals surface area (Å²) in [6.45, 7) is 0. The molecule has 1 amide bonds. The van der Waals surface area contributed by atoms with Crippen LogP contribution in [0.4, 0.5) is 0 Å². The van der Waals surface area contributed by atoms with Gasteiger partial charge in [-0.1, -0.05) is 48.5 Å². The van der Waals surface area contributed by atoms with Gasteiger partial charge in [-0.05, 0) is 29.8 Å². The van der Waals surface area contributed by atoms with Crippen LogP contribution in [0, 0.1) is 11.3 Å². The third-order valence-corrected chi connectivity index (χ3v) is 4.26. The van der Waals surface area contributed by atoms with E-state index in [2.05, 4.69) is 0 Å². The fourth-order valence-electron chi connectivity index (χ4n) is 2.57. The number of hydrogen-bond donors (Lipinski definition) is 2. The highest BCUT2D eigenvalue weighted by atomic mass is 32.2. The van der Waals surface area contributed by atoms with Crippen molar-refractivity contribution in [3.05, 3.63) is 83.9 Å². The van der Waals surface area contributed by atoms with Crippen molar-refractivity contribution in [3.8, 4) is 28.7 Å². The second kappa shape index (κ2) is 7.92. The fourth-order valence-corrected chi connectivity index (χ4v) is 2.94. The van der Waals surface area contributed by atoms with E-state index in [4.69, 9.17) is 9.88 Å². The van der Waals surface area contributed by atoms with E-state index in [0.717, 1.165) is 11.1 Å². The van der Waals surface area contributed by atoms with Crippen molar-refractivity contribution in [3.63, 3.8) is 0 Å². The maximum Gasteiger partial charge on any atom is 0.298 e. The van der Waals surface area contributed by atoms with E-state index in [0.29, 0.717) is 5.75 Å². The van der Waals surface area contributed by atoms with Crippen LogP contribution in [0.5, 0.6) is 11.5 Å². The zero-order valence-corrected chi connectivity index (χ0v) is 15.3. The summed E-state index contributed by atoms with van der Waals surface area (Å²) in [4.78, 5) is 11.9. The number of nitrogens with one attached hydrogen (secondary N) is 1. The largest absolute Gasteiger partial charge is 0.455 e. The van der Waals surface area contributed by atoms with Gasteiger partial charge in [0.05, 0.1) is 5.56 Å². The molecular formula is C20H15N3O4S. The van der Waals surface area contributed by atoms with Crippen molar-refractivity contribution in [2.75, 3.05) is 0 Å². The number of carbonyl (C=O) groups is 1. The van der Waals surface area contributed by atoms with Crippen molar-refractivity contribution >= 4 is 16.1 Å². The summed E-state index contributed by atoms with van der Waals surface area (Å²) < 4.78 is 29.6. The first-order valence-electron chi connectivity index (χ1n) is 8.09. The van der Waals surface area contributed by atoms with Crippen LogP contribution in [0.3, 0.4) is 0 Å². The van der Waals surface area contributed by atoms with E-state index in [9.17, 15) is 18.5 Å². The number of nitrogens with two attached hydrogens (primary N) is 1. The Morgan fingerprint density at radius 3 is 2.32 bits per heavy atom. The standard InChI is InChI=1S/C20H15N3O4S/c21-13-16-12-15(20(24)23-28(22,25)26)10-11-18(16)27-19-9-5-4-8-17(19)14-6-2-1-3-7-14/h1-12H,(H,23,24)(H2,22,25,26). The molecule has 140 valence electrons. The normalized spacial score (nSPS) is 10.7. The Labute approximate surface area is 162 Å². The predicted molar refractivity (Wildman–Crippen MR) is 104 cm³/mol. The van der Waals surface area contributed by atoms with Gasteiger partial charge in [-0.2, -0.15) is 13.7 Å². The molecule has 0 aliphatic carbocycles. The molecule has 0 unspecified atom stereocenters. The molecule has 3 rings (SSSR count). The minimum absolute atomic E-state index is 0.0331. The van der Waals surface area contributed by atoms with Gasteiger partial charge in [-0.3, -0.25) is 4.79 Å². The summed E-state index contributed by atoms with van der Waals surface area (Å²) in [5.74, 6) is -0.166. The van der Waals surface area contributed by atoms with Gasteiger partial charge >= 0.3 is 0 Å². The second-order valence-electron chi connectivity index (χ2n) is 5.76. The molecule has 0 aliphatic rings. The molecule has 0 saturated heterocycles. The summed E-state index contributed by atoms with van der Waals surface area (Å²) in [7, 11) is -4.20. The van der Waals surface area contributed by atoms with Gasteiger partial charge in [0.1, 0.15) is 17.6 Å². The Kier molecular flexibility index (Phi) is 5.40. The zero-order chi connectivity index (χ0) is 20.1. The first-order chi connectivity index (χ1) is 13.4. The summed E-state index contributed by atoms with van der Waals surface area (Å²) in [5.41, 5.74) is 1.82. The first-order valence-corrected chi connectivity index (χ1v) is 9.63. The maximum atomic E-state index is 11.9. The van der Waals surface area contributed by atoms with Gasteiger partial charge in [0, 0.05) is 11.1 Å². The molecule has 7 nitrogen and oxygen atoms in total. The van der Waals surface area contributed by atoms with Gasteiger partial charge in [0.15, 0.2) is 0 Å². The number of rotatable bonds is 5. The topological polar surface area (TPSA) is 122 Å². The summed E-state index contributed by atoms with van der Waals surface area (Å²) in [6.07, 6.45) is 0. The summed E-state index contributed by atoms with van der Waals surface area (Å²) in [5, 5.41) is 14.2. The monoisotopic (exact) mass is 393 g/mol. The summed E-state index contributed by atoms with van der Waals surface area (Å²) in [6, 6.07) is 22.9. The van der Waals surface area contributed by atoms with Crippen LogP contribution in [-0.2, 0) is 10.2 Å². The number of nitrogens with zero attached hydrogens (tertiary/aromatic N) is 1. The minimum Gasteiger partial charge on any atom is -0.455 e. The third kappa shape index (κ3) is 4.54. The number of para-hydroxylation sites is 1. The highest BCUT2D eigenvalue weighted by Gasteiger charge is 2.15. The van der Waals surface area contributed by atoms with E-state index in [1.54, 1.807) is 10.8 Å². The number of hydrogen-bond acceptors (Lipinski definition) is 5. The van der Waals surface area contributed by atoms with Crippen LogP contribution in [0.15, 0.2) is 72.8 Å². The zero-order valence-electron chi connectivity index (χ0n) is 14.5. The second-order valence-corrected chi connectivity index (χ2v) is 7.06. The molecule has 28 heavy (non-hydrogen) atoms. The molecule has 0 bridgehead atoms. The number of benzene rings is 3. The van der Waals surface area contributed by atoms with Crippen LogP contribution in [0.2, 0.25) is 0 Å². The van der Waals surface area contributed by atoms with Gasteiger partial charge in [0.2, 0.25) is 0 Å². The van der Waals surface area contributed by atoms with Gasteiger partial charge in [-0.25, -0.2) is 9.86 Å². The average molecular weight is 393 g/mol. The van der Waals surface area contributed by atoms with Gasteiger partial charge in [-0.15, -0.1) is 0 Å². The molecule has 3 aromatic carbocycles. The molecular weight excluding hydrogens is 378 g/mol. The predicted octanol–water partition coefficient (Wildman–Crippen LogP) is 2.95. The Balaban J connectivity index is 1.94. The molecule has 3 N–H and O–H groups in total. The summed E-state index contributed by atoms with van der Waals surface area (Å²) >= 11 is 0. The van der Waals surface area contributed by atoms with Crippen LogP contribution in [-0.4, -0.2) is 14.3 Å². The molecule has 0 saturated carbocycles. The van der Waals surface area contributed by atoms with E-state index in [-0.39, 0.29) is 16.9 Å². The molecule has 0 heterocycles. The molecule has 0 spiro atoms. The van der Waals surface area contributed by atoms with E-state index < -0.39 is 16.1 Å². The highest BCUT2D eigenvalue weighted by Crippen LogP contribution is 2.34. The first kappa shape index (κ1) is 19.1. The lowest BCUT2D eigenvalue weighted by molar-refractivity contribution is 0.0981. The SMILES string of the molecule is N#Cc1cc(C(=O)NS(N)(=O)=O)ccc1Oc1ccccc1-c1ccccc1. The number of ether oxygens (including phenoxy) is 1. The Morgan fingerprint density at radius 2 is 1.64 bits per heavy atom. The number of amides is 1. The molecule has 0 fully saturated rings. The van der Waals surface area contributed by atoms with Crippen LogP contribution in [0.25, 0.3) is 11.1 Å². The fraction of sp³-hybridized carbons (Fsp3) is 0. The Morgan fingerprint density at radius 1 is 0.964 bits per heavy atom. The van der Waals surface area contributed by atoms with Crippen LogP contribution in [0.1, 0.15) is 15.9 Å². The lowest BCUT2D eigenvalue weighted by Gasteiger charge is -2.13. The molecule has 0 radical (unpaired) electrons. The van der Waals surface area contributed by atoms with E-state index in [1.807, 2.05) is 54.6 Å². The maximum absolute atomic E-state index is 11.9. The van der Waals surface area contributed by atoms with Crippen molar-refractivity contribution in [1.29, 1.82) is 5.26 Å². The van der Waals surface area contributed by atoms with Crippen molar-refractivity contribution in [2.24, 2.45) is 5.14 Å². The number of nitriles is 1. The molecule has 0 atom stereocenters. The highest BCUT2D eigenvalue weighted by molar-refractivity contribution is 7.87. The van der Waals surface area contributed by atoms with Gasteiger partial charge < -0.3 is 4.74 Å². The smallest absolute Gasteiger partial charge is 0.298 e. The minimum atomic E-state index is -4.20. The van der Waals surface area contributed by atoms with Crippen molar-refractivity contribution in [2.45, 2.75) is 0 Å². The van der Waals surface area contributed by atoms with Gasteiger partial charge in [0.25, 0.3) is 16.1 Å². The van der Waals surface area contributed by atoms with Crippen molar-refractivity contribution in [1.82, 2.24) is 4.72 Å². The molecule has 0 aliphatic heterocycles. The Hall–Kier alpha value is -3.67. The lowest BCUT2D eigenvalue weighted by atomic mass is 10.0. The average Bonchev–Trinajstić information content (AvgIpc) is 2.68. The van der Waals surface area contributed by atoms with Crippen LogP contribution >= 0.6 is 0 Å². The quantitative estimate of drug-likeness (QED) is 0.690. The number of carbonyl (C=O) groups excluding carboxylic acids is 1. The van der Waals surface area contributed by atoms with Crippen molar-refractivity contribution < 1.29 is 17.9 Å². The van der Waals surface area contributed by atoms with E-state index in [1.165, 1.54) is 18.2 Å². The van der Waals surface area contributed by atoms with E-state index >= 15 is 0 Å². The molecule has 3 aromatic rings. The Bertz CT molecular complexity index is 1170.